The lowest BCUT2D eigenvalue weighted by Gasteiger charge is -2.27. The molecule has 2 aromatic heterocycles. The van der Waals surface area contributed by atoms with Crippen molar-refractivity contribution in [3.05, 3.63) is 188 Å². The van der Waals surface area contributed by atoms with Crippen LogP contribution in [-0.2, 0) is 0 Å². The van der Waals surface area contributed by atoms with Gasteiger partial charge in [-0.15, -0.1) is 0 Å². The third-order valence-corrected chi connectivity index (χ3v) is 9.16. The molecule has 0 atom stereocenters. The molecular formula is C45H31N3. The van der Waals surface area contributed by atoms with Crippen molar-refractivity contribution in [1.82, 2.24) is 9.61 Å². The van der Waals surface area contributed by atoms with Crippen LogP contribution in [0.15, 0.2) is 188 Å². The van der Waals surface area contributed by atoms with E-state index in [1.54, 1.807) is 0 Å². The molecule has 0 aliphatic heterocycles. The zero-order chi connectivity index (χ0) is 31.9. The quantitative estimate of drug-likeness (QED) is 0.186. The summed E-state index contributed by atoms with van der Waals surface area (Å²) in [5, 5.41) is 10.1. The van der Waals surface area contributed by atoms with Gasteiger partial charge in [0.05, 0.1) is 16.9 Å². The van der Waals surface area contributed by atoms with Gasteiger partial charge in [-0.3, -0.25) is 0 Å². The van der Waals surface area contributed by atoms with E-state index in [4.69, 9.17) is 5.10 Å². The summed E-state index contributed by atoms with van der Waals surface area (Å²) in [4.78, 5) is 2.38. The number of anilines is 3. The maximum atomic E-state index is 5.42. The fourth-order valence-corrected chi connectivity index (χ4v) is 6.96. The molecule has 2 heterocycles. The van der Waals surface area contributed by atoms with Crippen LogP contribution in [0.2, 0.25) is 0 Å². The average molecular weight is 614 g/mol. The Balaban J connectivity index is 1.40. The van der Waals surface area contributed by atoms with Crippen LogP contribution in [0.5, 0.6) is 0 Å². The third-order valence-electron chi connectivity index (χ3n) is 9.16. The minimum absolute atomic E-state index is 0.964. The highest BCUT2D eigenvalue weighted by Gasteiger charge is 2.23. The molecule has 0 unspecified atom stereocenters. The highest BCUT2D eigenvalue weighted by Crippen LogP contribution is 2.44. The second-order valence-electron chi connectivity index (χ2n) is 12.1. The number of hydrogen-bond acceptors (Lipinski definition) is 2. The molecule has 7 aromatic carbocycles. The summed E-state index contributed by atoms with van der Waals surface area (Å²) in [6.07, 6.45) is 0. The molecule has 3 heteroatoms. The molecule has 48 heavy (non-hydrogen) atoms. The summed E-state index contributed by atoms with van der Waals surface area (Å²) < 4.78 is 2.16. The molecule has 0 saturated carbocycles. The van der Waals surface area contributed by atoms with E-state index < -0.39 is 0 Å². The average Bonchev–Trinajstić information content (AvgIpc) is 3.57. The van der Waals surface area contributed by atoms with E-state index in [2.05, 4.69) is 197 Å². The monoisotopic (exact) mass is 613 g/mol. The topological polar surface area (TPSA) is 20.5 Å². The molecule has 3 nitrogen and oxygen atoms in total. The van der Waals surface area contributed by atoms with Gasteiger partial charge in [-0.2, -0.15) is 5.10 Å². The summed E-state index contributed by atoms with van der Waals surface area (Å²) in [6.45, 7) is 0. The lowest BCUT2D eigenvalue weighted by Crippen LogP contribution is -2.10. The molecule has 9 aromatic rings. The van der Waals surface area contributed by atoms with Crippen molar-refractivity contribution in [3.63, 3.8) is 0 Å². The van der Waals surface area contributed by atoms with E-state index in [0.29, 0.717) is 0 Å². The smallest absolute Gasteiger partial charge is 0.101 e. The van der Waals surface area contributed by atoms with Crippen LogP contribution in [0.3, 0.4) is 0 Å². The third kappa shape index (κ3) is 4.72. The van der Waals surface area contributed by atoms with E-state index in [1.165, 1.54) is 10.8 Å². The number of hydrogen-bond donors (Lipinski definition) is 0. The van der Waals surface area contributed by atoms with Crippen LogP contribution in [-0.4, -0.2) is 9.61 Å². The Morgan fingerprint density at radius 1 is 0.417 bits per heavy atom. The lowest BCUT2D eigenvalue weighted by atomic mass is 9.96. The van der Waals surface area contributed by atoms with Gasteiger partial charge in [0.1, 0.15) is 5.69 Å². The van der Waals surface area contributed by atoms with Gasteiger partial charge < -0.3 is 4.90 Å². The Morgan fingerprint density at radius 3 is 1.75 bits per heavy atom. The highest BCUT2D eigenvalue weighted by atomic mass is 15.2. The molecule has 0 bridgehead atoms. The maximum Gasteiger partial charge on any atom is 0.101 e. The largest absolute Gasteiger partial charge is 0.310 e. The van der Waals surface area contributed by atoms with Crippen molar-refractivity contribution in [2.45, 2.75) is 0 Å². The van der Waals surface area contributed by atoms with Crippen LogP contribution in [0.1, 0.15) is 0 Å². The molecule has 0 saturated heterocycles. The van der Waals surface area contributed by atoms with Crippen LogP contribution in [0, 0.1) is 0 Å². The fraction of sp³-hybridized carbons (Fsp3) is 0. The predicted molar refractivity (Wildman–Crippen MR) is 201 cm³/mol. The molecule has 0 aliphatic rings. The lowest BCUT2D eigenvalue weighted by molar-refractivity contribution is 0.979. The summed E-state index contributed by atoms with van der Waals surface area (Å²) in [5.74, 6) is 0. The van der Waals surface area contributed by atoms with Crippen LogP contribution in [0.25, 0.3) is 60.7 Å². The first-order valence-electron chi connectivity index (χ1n) is 16.3. The van der Waals surface area contributed by atoms with Gasteiger partial charge in [-0.1, -0.05) is 152 Å². The first-order chi connectivity index (χ1) is 23.8. The number of rotatable bonds is 6. The van der Waals surface area contributed by atoms with E-state index in [1.807, 2.05) is 0 Å². The van der Waals surface area contributed by atoms with Gasteiger partial charge in [0.15, 0.2) is 0 Å². The Bertz CT molecular complexity index is 2530. The van der Waals surface area contributed by atoms with E-state index in [0.717, 1.165) is 67.0 Å². The standard InChI is InChI=1S/C45H31N3/c1-5-17-33(18-6-1)42-30-36-28-29-38(47(37-24-11-4-12-25-37)41-27-15-23-32-16-13-14-26-39(32)41)31-40(36)45-43(34-19-7-2-8-20-34)44(46-48(42)45)35-21-9-3-10-22-35/h1-31H. The van der Waals surface area contributed by atoms with Gasteiger partial charge >= 0.3 is 0 Å². The number of aromatic nitrogens is 2. The van der Waals surface area contributed by atoms with Crippen molar-refractivity contribution >= 4 is 44.1 Å². The zero-order valence-electron chi connectivity index (χ0n) is 26.2. The van der Waals surface area contributed by atoms with Gasteiger partial charge in [0.2, 0.25) is 0 Å². The van der Waals surface area contributed by atoms with Crippen molar-refractivity contribution in [2.75, 3.05) is 4.90 Å². The van der Waals surface area contributed by atoms with E-state index in [-0.39, 0.29) is 0 Å². The molecular weight excluding hydrogens is 583 g/mol. The number of pyridine rings is 1. The van der Waals surface area contributed by atoms with E-state index in [9.17, 15) is 0 Å². The molecule has 0 N–H and O–H groups in total. The molecule has 0 radical (unpaired) electrons. The Kier molecular flexibility index (Phi) is 6.80. The van der Waals surface area contributed by atoms with Gasteiger partial charge in [-0.25, -0.2) is 4.52 Å². The first-order valence-corrected chi connectivity index (χ1v) is 16.3. The first kappa shape index (κ1) is 27.8. The number of nitrogens with zero attached hydrogens (tertiary/aromatic N) is 3. The molecule has 0 fully saturated rings. The van der Waals surface area contributed by atoms with E-state index >= 15 is 0 Å². The molecule has 0 aliphatic carbocycles. The Hall–Kier alpha value is -6.45. The molecule has 9 rings (SSSR count). The second kappa shape index (κ2) is 11.7. The summed E-state index contributed by atoms with van der Waals surface area (Å²) in [6, 6.07) is 66.8. The minimum atomic E-state index is 0.964. The van der Waals surface area contributed by atoms with Crippen molar-refractivity contribution in [1.29, 1.82) is 0 Å². The summed E-state index contributed by atoms with van der Waals surface area (Å²) in [5.41, 5.74) is 10.9. The van der Waals surface area contributed by atoms with Gasteiger partial charge in [0.25, 0.3) is 0 Å². The number of fused-ring (bicyclic) bond motifs is 4. The number of para-hydroxylation sites is 1. The van der Waals surface area contributed by atoms with Crippen LogP contribution in [0.4, 0.5) is 17.1 Å². The van der Waals surface area contributed by atoms with Crippen molar-refractivity contribution < 1.29 is 0 Å². The second-order valence-corrected chi connectivity index (χ2v) is 12.1. The summed E-state index contributed by atoms with van der Waals surface area (Å²) >= 11 is 0. The normalized spacial score (nSPS) is 11.3. The minimum Gasteiger partial charge on any atom is -0.310 e. The molecule has 0 amide bonds. The van der Waals surface area contributed by atoms with Gasteiger partial charge in [0, 0.05) is 38.8 Å². The Morgan fingerprint density at radius 2 is 1.02 bits per heavy atom. The predicted octanol–water partition coefficient (Wildman–Crippen LogP) is 12.1. The SMILES string of the molecule is c1ccc(-c2nn3c(-c4ccccc4)cc4ccc(N(c5ccccc5)c5cccc6ccccc56)cc4c3c2-c2ccccc2)cc1. The summed E-state index contributed by atoms with van der Waals surface area (Å²) in [7, 11) is 0. The van der Waals surface area contributed by atoms with Crippen LogP contribution >= 0.6 is 0 Å². The van der Waals surface area contributed by atoms with Crippen molar-refractivity contribution in [3.8, 4) is 33.6 Å². The highest BCUT2D eigenvalue weighted by molar-refractivity contribution is 6.10. The van der Waals surface area contributed by atoms with Crippen LogP contribution < -0.4 is 4.90 Å². The number of benzene rings is 7. The Labute approximate surface area is 279 Å². The fourth-order valence-electron chi connectivity index (χ4n) is 6.96. The van der Waals surface area contributed by atoms with Crippen molar-refractivity contribution in [2.24, 2.45) is 0 Å². The zero-order valence-corrected chi connectivity index (χ0v) is 26.2. The molecule has 0 spiro atoms. The maximum absolute atomic E-state index is 5.42. The molecule has 226 valence electrons. The van der Waals surface area contributed by atoms with Gasteiger partial charge in [-0.05, 0) is 52.7 Å².